The number of morpholine rings is 1. The highest BCUT2D eigenvalue weighted by Gasteiger charge is 2.31. The highest BCUT2D eigenvalue weighted by molar-refractivity contribution is 5.80. The number of hydrogen-bond donors (Lipinski definition) is 1. The molecule has 1 heterocycles. The van der Waals surface area contributed by atoms with Crippen molar-refractivity contribution in [3.63, 3.8) is 0 Å². The first-order chi connectivity index (χ1) is 8.45. The van der Waals surface area contributed by atoms with Crippen molar-refractivity contribution in [1.29, 1.82) is 0 Å². The molecule has 100 valence electrons. The van der Waals surface area contributed by atoms with Crippen LogP contribution in [0.25, 0.3) is 0 Å². The molecule has 0 aromatic carbocycles. The molecule has 6 nitrogen and oxygen atoms in total. The summed E-state index contributed by atoms with van der Waals surface area (Å²) in [5, 5.41) is 8.77. The lowest BCUT2D eigenvalue weighted by atomic mass is 10.2. The van der Waals surface area contributed by atoms with E-state index in [9.17, 15) is 9.59 Å². The molecule has 1 rings (SSSR count). The van der Waals surface area contributed by atoms with Crippen LogP contribution in [0.15, 0.2) is 0 Å². The summed E-state index contributed by atoms with van der Waals surface area (Å²) in [7, 11) is 0. The van der Waals surface area contributed by atoms with Gasteiger partial charge in [0.1, 0.15) is 6.54 Å². The van der Waals surface area contributed by atoms with E-state index in [1.54, 1.807) is 4.90 Å². The third-order valence-corrected chi connectivity index (χ3v) is 2.73. The number of carboxylic acid groups (broad SMARTS) is 1. The Hall–Kier alpha value is -1.74. The number of carboxylic acids is 1. The van der Waals surface area contributed by atoms with Gasteiger partial charge in [0.2, 0.25) is 0 Å². The number of aliphatic carboxylic acids is 1. The van der Waals surface area contributed by atoms with Crippen molar-refractivity contribution in [2.24, 2.45) is 0 Å². The van der Waals surface area contributed by atoms with E-state index >= 15 is 0 Å². The van der Waals surface area contributed by atoms with Crippen molar-refractivity contribution in [3.05, 3.63) is 0 Å². The number of ether oxygens (including phenoxy) is 1. The molecular formula is C12H18N2O4. The number of rotatable bonds is 3. The SMILES string of the molecule is C#CCN(CC(=O)O)C(=O)N1CC(C)OCC1C. The van der Waals surface area contributed by atoms with Gasteiger partial charge in [-0.05, 0) is 13.8 Å². The number of carbonyl (C=O) groups is 2. The molecule has 2 unspecified atom stereocenters. The summed E-state index contributed by atoms with van der Waals surface area (Å²) in [6, 6.07) is -0.430. The molecule has 2 atom stereocenters. The molecule has 1 saturated heterocycles. The van der Waals surface area contributed by atoms with Crippen molar-refractivity contribution in [2.75, 3.05) is 26.2 Å². The zero-order valence-corrected chi connectivity index (χ0v) is 10.6. The monoisotopic (exact) mass is 254 g/mol. The summed E-state index contributed by atoms with van der Waals surface area (Å²) >= 11 is 0. The van der Waals surface area contributed by atoms with Crippen molar-refractivity contribution >= 4 is 12.0 Å². The largest absolute Gasteiger partial charge is 0.480 e. The van der Waals surface area contributed by atoms with Gasteiger partial charge in [-0.25, -0.2) is 4.79 Å². The minimum absolute atomic E-state index is 0.0103. The number of amides is 2. The summed E-state index contributed by atoms with van der Waals surface area (Å²) in [5.41, 5.74) is 0. The topological polar surface area (TPSA) is 70.1 Å². The fourth-order valence-electron chi connectivity index (χ4n) is 1.82. The lowest BCUT2D eigenvalue weighted by Crippen LogP contribution is -2.55. The molecule has 0 aromatic rings. The molecule has 0 aliphatic carbocycles. The van der Waals surface area contributed by atoms with Crippen LogP contribution in [0.5, 0.6) is 0 Å². The van der Waals surface area contributed by atoms with Crippen LogP contribution in [0, 0.1) is 12.3 Å². The number of nitrogens with zero attached hydrogens (tertiary/aromatic N) is 2. The predicted molar refractivity (Wildman–Crippen MR) is 65.0 cm³/mol. The molecule has 2 amide bonds. The van der Waals surface area contributed by atoms with Gasteiger partial charge in [-0.2, -0.15) is 0 Å². The molecule has 0 spiro atoms. The Morgan fingerprint density at radius 3 is 2.78 bits per heavy atom. The fraction of sp³-hybridized carbons (Fsp3) is 0.667. The number of terminal acetylenes is 1. The maximum Gasteiger partial charge on any atom is 0.323 e. The van der Waals surface area contributed by atoms with Crippen LogP contribution >= 0.6 is 0 Å². The van der Waals surface area contributed by atoms with Gasteiger partial charge in [0, 0.05) is 6.54 Å². The molecule has 1 aliphatic heterocycles. The van der Waals surface area contributed by atoms with E-state index in [0.29, 0.717) is 13.2 Å². The number of urea groups is 1. The van der Waals surface area contributed by atoms with Gasteiger partial charge in [0.05, 0.1) is 25.3 Å². The smallest absolute Gasteiger partial charge is 0.323 e. The molecule has 1 fully saturated rings. The van der Waals surface area contributed by atoms with E-state index in [2.05, 4.69) is 5.92 Å². The molecule has 1 aliphatic rings. The maximum atomic E-state index is 12.2. The molecule has 0 bridgehead atoms. The summed E-state index contributed by atoms with van der Waals surface area (Å²) in [6.07, 6.45) is 5.10. The van der Waals surface area contributed by atoms with E-state index in [1.807, 2.05) is 13.8 Å². The van der Waals surface area contributed by atoms with Crippen molar-refractivity contribution in [1.82, 2.24) is 9.80 Å². The first-order valence-corrected chi connectivity index (χ1v) is 5.78. The number of hydrogen-bond acceptors (Lipinski definition) is 3. The minimum Gasteiger partial charge on any atom is -0.480 e. The Morgan fingerprint density at radius 2 is 2.22 bits per heavy atom. The molecule has 1 N–H and O–H groups in total. The lowest BCUT2D eigenvalue weighted by molar-refractivity contribution is -0.137. The van der Waals surface area contributed by atoms with Gasteiger partial charge in [-0.3, -0.25) is 4.79 Å². The lowest BCUT2D eigenvalue weighted by Gasteiger charge is -2.39. The molecule has 0 aromatic heterocycles. The Morgan fingerprint density at radius 1 is 1.56 bits per heavy atom. The summed E-state index contributed by atoms with van der Waals surface area (Å²) in [5.74, 6) is 1.23. The van der Waals surface area contributed by atoms with Crippen LogP contribution in [-0.4, -0.2) is 65.3 Å². The van der Waals surface area contributed by atoms with E-state index in [1.165, 1.54) is 0 Å². The Balaban J connectivity index is 2.74. The van der Waals surface area contributed by atoms with Crippen molar-refractivity contribution < 1.29 is 19.4 Å². The summed E-state index contributed by atoms with van der Waals surface area (Å²) in [6.45, 7) is 4.23. The van der Waals surface area contributed by atoms with E-state index in [0.717, 1.165) is 4.90 Å². The van der Waals surface area contributed by atoms with Crippen LogP contribution in [-0.2, 0) is 9.53 Å². The molecule has 6 heteroatoms. The molecule has 0 radical (unpaired) electrons. The van der Waals surface area contributed by atoms with Gasteiger partial charge >= 0.3 is 12.0 Å². The second kappa shape index (κ2) is 6.26. The zero-order valence-electron chi connectivity index (χ0n) is 10.6. The van der Waals surface area contributed by atoms with E-state index in [-0.39, 0.29) is 31.3 Å². The normalized spacial score (nSPS) is 23.3. The molecule has 18 heavy (non-hydrogen) atoms. The van der Waals surface area contributed by atoms with Crippen LogP contribution in [0.3, 0.4) is 0 Å². The van der Waals surface area contributed by atoms with Gasteiger partial charge in [-0.15, -0.1) is 6.42 Å². The van der Waals surface area contributed by atoms with Gasteiger partial charge in [0.15, 0.2) is 0 Å². The highest BCUT2D eigenvalue weighted by atomic mass is 16.5. The zero-order chi connectivity index (χ0) is 13.7. The average molecular weight is 254 g/mol. The Labute approximate surface area is 106 Å². The first kappa shape index (κ1) is 14.3. The van der Waals surface area contributed by atoms with Crippen molar-refractivity contribution in [2.45, 2.75) is 26.0 Å². The standard InChI is InChI=1S/C12H18N2O4/c1-4-5-13(7-11(15)16)12(17)14-6-10(3)18-8-9(14)2/h1,9-10H,5-8H2,2-3H3,(H,15,16). The Bertz CT molecular complexity index is 364. The third kappa shape index (κ3) is 3.64. The van der Waals surface area contributed by atoms with Crippen LogP contribution in [0.2, 0.25) is 0 Å². The van der Waals surface area contributed by atoms with Crippen molar-refractivity contribution in [3.8, 4) is 12.3 Å². The van der Waals surface area contributed by atoms with Crippen LogP contribution in [0.1, 0.15) is 13.8 Å². The minimum atomic E-state index is -1.08. The van der Waals surface area contributed by atoms with Gasteiger partial charge < -0.3 is 19.6 Å². The average Bonchev–Trinajstić information content (AvgIpc) is 2.30. The highest BCUT2D eigenvalue weighted by Crippen LogP contribution is 2.13. The Kier molecular flexibility index (Phi) is 4.98. The second-order valence-electron chi connectivity index (χ2n) is 4.38. The predicted octanol–water partition coefficient (Wildman–Crippen LogP) is 0.235. The van der Waals surface area contributed by atoms with Crippen LogP contribution in [0.4, 0.5) is 4.79 Å². The molecular weight excluding hydrogens is 236 g/mol. The second-order valence-corrected chi connectivity index (χ2v) is 4.38. The third-order valence-electron chi connectivity index (χ3n) is 2.73. The maximum absolute atomic E-state index is 12.2. The van der Waals surface area contributed by atoms with Gasteiger partial charge in [0.25, 0.3) is 0 Å². The summed E-state index contributed by atoms with van der Waals surface area (Å²) < 4.78 is 5.42. The quantitative estimate of drug-likeness (QED) is 0.732. The first-order valence-electron chi connectivity index (χ1n) is 5.78. The van der Waals surface area contributed by atoms with Gasteiger partial charge in [-0.1, -0.05) is 5.92 Å². The number of carbonyl (C=O) groups excluding carboxylic acids is 1. The molecule has 0 saturated carbocycles. The van der Waals surface area contributed by atoms with Crippen LogP contribution < -0.4 is 0 Å². The van der Waals surface area contributed by atoms with E-state index in [4.69, 9.17) is 16.3 Å². The fourth-order valence-corrected chi connectivity index (χ4v) is 1.82. The van der Waals surface area contributed by atoms with E-state index < -0.39 is 5.97 Å². The summed E-state index contributed by atoms with van der Waals surface area (Å²) in [4.78, 5) is 25.7.